The maximum atomic E-state index is 12.6. The van der Waals surface area contributed by atoms with Gasteiger partial charge in [0.15, 0.2) is 0 Å². The van der Waals surface area contributed by atoms with Crippen LogP contribution in [0.2, 0.25) is 0 Å². The SMILES string of the molecule is COC(=O)c1sc2nc(COC(=O)c3cn(C)c4ccccc34)[nH]c(=O)c2c1C. The molecule has 0 saturated heterocycles. The molecule has 4 aromatic rings. The fourth-order valence-electron chi connectivity index (χ4n) is 3.26. The van der Waals surface area contributed by atoms with E-state index in [0.29, 0.717) is 26.2 Å². The number of aromatic amines is 1. The van der Waals surface area contributed by atoms with E-state index in [0.717, 1.165) is 22.2 Å². The smallest absolute Gasteiger partial charge is 0.348 e. The first-order valence-electron chi connectivity index (χ1n) is 8.72. The van der Waals surface area contributed by atoms with E-state index in [1.165, 1.54) is 7.11 Å². The van der Waals surface area contributed by atoms with Gasteiger partial charge in [-0.05, 0) is 18.6 Å². The highest BCUT2D eigenvalue weighted by atomic mass is 32.1. The fourth-order valence-corrected chi connectivity index (χ4v) is 4.38. The number of H-pyrrole nitrogens is 1. The van der Waals surface area contributed by atoms with Crippen LogP contribution in [0.3, 0.4) is 0 Å². The second-order valence-corrected chi connectivity index (χ2v) is 7.49. The second kappa shape index (κ2) is 7.17. The lowest BCUT2D eigenvalue weighted by Gasteiger charge is -2.04. The van der Waals surface area contributed by atoms with Crippen LogP contribution in [-0.4, -0.2) is 33.6 Å². The normalized spacial score (nSPS) is 11.1. The van der Waals surface area contributed by atoms with E-state index in [1.54, 1.807) is 13.1 Å². The number of thiophene rings is 1. The number of hydrogen-bond acceptors (Lipinski definition) is 7. The number of fused-ring (bicyclic) bond motifs is 2. The molecule has 0 fully saturated rings. The molecular weight excluding hydrogens is 394 g/mol. The molecule has 4 rings (SSSR count). The summed E-state index contributed by atoms with van der Waals surface area (Å²) in [6.45, 7) is 1.47. The molecule has 0 saturated carbocycles. The first-order valence-corrected chi connectivity index (χ1v) is 9.54. The number of carbonyl (C=O) groups is 2. The number of nitrogens with zero attached hydrogens (tertiary/aromatic N) is 2. The molecule has 1 N–H and O–H groups in total. The van der Waals surface area contributed by atoms with Crippen LogP contribution in [0.4, 0.5) is 0 Å². The molecule has 3 aromatic heterocycles. The predicted molar refractivity (Wildman–Crippen MR) is 108 cm³/mol. The molecule has 0 spiro atoms. The summed E-state index contributed by atoms with van der Waals surface area (Å²) in [6.07, 6.45) is 1.71. The van der Waals surface area contributed by atoms with Gasteiger partial charge >= 0.3 is 11.9 Å². The molecule has 0 amide bonds. The molecule has 0 aliphatic heterocycles. The Hall–Kier alpha value is -3.46. The Morgan fingerprint density at radius 1 is 1.24 bits per heavy atom. The highest BCUT2D eigenvalue weighted by molar-refractivity contribution is 7.20. The summed E-state index contributed by atoms with van der Waals surface area (Å²) < 4.78 is 12.0. The van der Waals surface area contributed by atoms with Crippen LogP contribution in [0.1, 0.15) is 31.4 Å². The van der Waals surface area contributed by atoms with Gasteiger partial charge in [-0.25, -0.2) is 14.6 Å². The van der Waals surface area contributed by atoms with Gasteiger partial charge in [0.05, 0.1) is 18.1 Å². The largest absolute Gasteiger partial charge is 0.465 e. The van der Waals surface area contributed by atoms with Crippen LogP contribution in [0.25, 0.3) is 21.1 Å². The zero-order valence-corrected chi connectivity index (χ0v) is 16.8. The fraction of sp³-hybridized carbons (Fsp3) is 0.200. The first kappa shape index (κ1) is 18.9. The Morgan fingerprint density at radius 2 is 2.00 bits per heavy atom. The first-order chi connectivity index (χ1) is 13.9. The molecule has 0 aliphatic carbocycles. The molecule has 148 valence electrons. The number of carbonyl (C=O) groups excluding carboxylic acids is 2. The maximum Gasteiger partial charge on any atom is 0.348 e. The minimum absolute atomic E-state index is 0.197. The number of benzene rings is 1. The molecule has 9 heteroatoms. The van der Waals surface area contributed by atoms with Gasteiger partial charge in [0.25, 0.3) is 5.56 Å². The number of aromatic nitrogens is 3. The molecule has 0 aliphatic rings. The molecule has 0 bridgehead atoms. The summed E-state index contributed by atoms with van der Waals surface area (Å²) in [6, 6.07) is 7.51. The highest BCUT2D eigenvalue weighted by Crippen LogP contribution is 2.27. The summed E-state index contributed by atoms with van der Waals surface area (Å²) >= 11 is 1.07. The van der Waals surface area contributed by atoms with E-state index in [1.807, 2.05) is 35.9 Å². The van der Waals surface area contributed by atoms with Gasteiger partial charge in [-0.2, -0.15) is 0 Å². The van der Waals surface area contributed by atoms with E-state index in [-0.39, 0.29) is 12.4 Å². The van der Waals surface area contributed by atoms with Gasteiger partial charge < -0.3 is 19.0 Å². The van der Waals surface area contributed by atoms with E-state index in [9.17, 15) is 14.4 Å². The van der Waals surface area contributed by atoms with Crippen molar-refractivity contribution in [2.75, 3.05) is 7.11 Å². The van der Waals surface area contributed by atoms with Crippen molar-refractivity contribution in [3.63, 3.8) is 0 Å². The van der Waals surface area contributed by atoms with Crippen LogP contribution in [0.5, 0.6) is 0 Å². The van der Waals surface area contributed by atoms with Crippen LogP contribution < -0.4 is 5.56 Å². The average Bonchev–Trinajstić information content (AvgIpc) is 3.23. The van der Waals surface area contributed by atoms with E-state index >= 15 is 0 Å². The predicted octanol–water partition coefficient (Wildman–Crippen LogP) is 2.93. The van der Waals surface area contributed by atoms with Crippen molar-refractivity contribution in [1.29, 1.82) is 0 Å². The average molecular weight is 411 g/mol. The summed E-state index contributed by atoms with van der Waals surface area (Å²) in [7, 11) is 3.13. The van der Waals surface area contributed by atoms with Crippen molar-refractivity contribution < 1.29 is 19.1 Å². The molecule has 8 nitrogen and oxygen atoms in total. The highest BCUT2D eigenvalue weighted by Gasteiger charge is 2.20. The number of hydrogen-bond donors (Lipinski definition) is 1. The molecule has 3 heterocycles. The van der Waals surface area contributed by atoms with E-state index in [2.05, 4.69) is 9.97 Å². The lowest BCUT2D eigenvalue weighted by molar-refractivity contribution is 0.0464. The molecule has 0 atom stereocenters. The van der Waals surface area contributed by atoms with Crippen LogP contribution >= 0.6 is 11.3 Å². The minimum atomic E-state index is -0.520. The van der Waals surface area contributed by atoms with E-state index in [4.69, 9.17) is 9.47 Å². The Kier molecular flexibility index (Phi) is 4.67. The zero-order valence-electron chi connectivity index (χ0n) is 15.9. The van der Waals surface area contributed by atoms with Crippen LogP contribution in [0.15, 0.2) is 35.3 Å². The second-order valence-electron chi connectivity index (χ2n) is 6.49. The van der Waals surface area contributed by atoms with Crippen molar-refractivity contribution >= 4 is 44.4 Å². The van der Waals surface area contributed by atoms with Crippen molar-refractivity contribution in [3.05, 3.63) is 62.6 Å². The number of ether oxygens (including phenoxy) is 2. The Labute approximate surface area is 168 Å². The lowest BCUT2D eigenvalue weighted by Crippen LogP contribution is -2.14. The number of aryl methyl sites for hydroxylation is 2. The van der Waals surface area contributed by atoms with Crippen molar-refractivity contribution in [1.82, 2.24) is 14.5 Å². The molecular formula is C20H17N3O5S. The number of nitrogens with one attached hydrogen (secondary N) is 1. The van der Waals surface area contributed by atoms with Gasteiger partial charge in [0, 0.05) is 24.1 Å². The molecule has 29 heavy (non-hydrogen) atoms. The summed E-state index contributed by atoms with van der Waals surface area (Å²) in [5.74, 6) is -0.829. The number of rotatable bonds is 4. The number of esters is 2. The molecule has 0 unspecified atom stereocenters. The third-order valence-electron chi connectivity index (χ3n) is 4.68. The standard InChI is InChI=1S/C20H17N3O5S/c1-10-15-17(24)21-14(22-18(15)29-16(10)20(26)27-3)9-28-19(25)12-8-23(2)13-7-5-4-6-11(12)13/h4-8H,9H2,1-3H3,(H,21,22,24). The zero-order chi connectivity index (χ0) is 20.7. The Morgan fingerprint density at radius 3 is 2.76 bits per heavy atom. The summed E-state index contributed by atoms with van der Waals surface area (Å²) in [5, 5.41) is 1.12. The summed E-state index contributed by atoms with van der Waals surface area (Å²) in [4.78, 5) is 44.5. The van der Waals surface area contributed by atoms with Crippen LogP contribution in [0, 0.1) is 6.92 Å². The van der Waals surface area contributed by atoms with Crippen molar-refractivity contribution in [3.8, 4) is 0 Å². The third-order valence-corrected chi connectivity index (χ3v) is 5.84. The minimum Gasteiger partial charge on any atom is -0.465 e. The van der Waals surface area contributed by atoms with Gasteiger partial charge in [0.2, 0.25) is 0 Å². The monoisotopic (exact) mass is 411 g/mol. The number of methoxy groups -OCH3 is 1. The van der Waals surface area contributed by atoms with Crippen LogP contribution in [-0.2, 0) is 23.1 Å². The van der Waals surface area contributed by atoms with Crippen molar-refractivity contribution in [2.45, 2.75) is 13.5 Å². The van der Waals surface area contributed by atoms with Crippen molar-refractivity contribution in [2.24, 2.45) is 7.05 Å². The Bertz CT molecular complexity index is 1330. The number of para-hydroxylation sites is 1. The van der Waals surface area contributed by atoms with Gasteiger partial charge in [0.1, 0.15) is 22.1 Å². The topological polar surface area (TPSA) is 103 Å². The summed E-state index contributed by atoms with van der Waals surface area (Å²) in [5.41, 5.74) is 1.48. The van der Waals surface area contributed by atoms with E-state index < -0.39 is 17.5 Å². The lowest BCUT2D eigenvalue weighted by atomic mass is 10.2. The quantitative estimate of drug-likeness (QED) is 0.518. The van der Waals surface area contributed by atoms with Gasteiger partial charge in [-0.1, -0.05) is 18.2 Å². The molecule has 0 radical (unpaired) electrons. The Balaban J connectivity index is 1.62. The molecule has 1 aromatic carbocycles. The van der Waals surface area contributed by atoms with Gasteiger partial charge in [-0.15, -0.1) is 11.3 Å². The van der Waals surface area contributed by atoms with Gasteiger partial charge in [-0.3, -0.25) is 4.79 Å². The maximum absolute atomic E-state index is 12.6. The third kappa shape index (κ3) is 3.19.